The summed E-state index contributed by atoms with van der Waals surface area (Å²) in [6, 6.07) is 16.3. The van der Waals surface area contributed by atoms with E-state index in [1.165, 1.54) is 5.56 Å². The fourth-order valence-corrected chi connectivity index (χ4v) is 4.51. The number of carbonyl (C=O) groups is 1. The molecule has 0 saturated carbocycles. The van der Waals surface area contributed by atoms with Gasteiger partial charge in [0, 0.05) is 6.42 Å². The Labute approximate surface area is 140 Å². The van der Waals surface area contributed by atoms with Crippen molar-refractivity contribution in [2.75, 3.05) is 6.61 Å². The van der Waals surface area contributed by atoms with Gasteiger partial charge in [0.25, 0.3) is 0 Å². The van der Waals surface area contributed by atoms with Gasteiger partial charge in [0.05, 0.1) is 18.6 Å². The van der Waals surface area contributed by atoms with Crippen LogP contribution < -0.4 is 5.32 Å². The highest BCUT2D eigenvalue weighted by atomic mass is 35.5. The average molecular weight is 328 g/mol. The summed E-state index contributed by atoms with van der Waals surface area (Å²) >= 11 is 6.95. The van der Waals surface area contributed by atoms with Crippen LogP contribution in [0, 0.1) is 0 Å². The zero-order valence-corrected chi connectivity index (χ0v) is 13.7. The van der Waals surface area contributed by atoms with Crippen molar-refractivity contribution in [2.45, 2.75) is 30.3 Å². The molecule has 4 heteroatoms. The second-order valence-electron chi connectivity index (χ2n) is 6.19. The lowest BCUT2D eigenvalue weighted by Gasteiger charge is -2.40. The first-order valence-corrected chi connectivity index (χ1v) is 8.29. The molecule has 0 radical (unpaired) electrons. The van der Waals surface area contributed by atoms with Gasteiger partial charge in [0.1, 0.15) is 5.00 Å². The van der Waals surface area contributed by atoms with Crippen molar-refractivity contribution in [1.29, 1.82) is 0 Å². The van der Waals surface area contributed by atoms with Gasteiger partial charge in [-0.15, -0.1) is 0 Å². The molecule has 4 rings (SSSR count). The van der Waals surface area contributed by atoms with Crippen LogP contribution in [0.25, 0.3) is 0 Å². The van der Waals surface area contributed by atoms with E-state index >= 15 is 0 Å². The summed E-state index contributed by atoms with van der Waals surface area (Å²) in [5.74, 6) is -0.215. The summed E-state index contributed by atoms with van der Waals surface area (Å²) in [6.45, 7) is 2.20. The maximum Gasteiger partial charge on any atom is 0.308 e. The van der Waals surface area contributed by atoms with Crippen LogP contribution >= 0.6 is 11.6 Å². The number of rotatable bonds is 3. The third-order valence-electron chi connectivity index (χ3n) is 4.85. The number of alkyl halides is 1. The number of hydrogen-bond donors (Lipinski definition) is 1. The molecule has 2 aromatic carbocycles. The number of hydrogen-bond acceptors (Lipinski definition) is 3. The third kappa shape index (κ3) is 2.03. The van der Waals surface area contributed by atoms with Gasteiger partial charge >= 0.3 is 5.97 Å². The topological polar surface area (TPSA) is 38.3 Å². The van der Waals surface area contributed by atoms with Crippen LogP contribution in [0.3, 0.4) is 0 Å². The number of carbonyl (C=O) groups excluding carboxylic acids is 1. The monoisotopic (exact) mass is 327 g/mol. The van der Waals surface area contributed by atoms with E-state index in [1.54, 1.807) is 0 Å². The second kappa shape index (κ2) is 5.08. The van der Waals surface area contributed by atoms with Crippen molar-refractivity contribution < 1.29 is 9.53 Å². The van der Waals surface area contributed by atoms with Gasteiger partial charge in [0.15, 0.2) is 0 Å². The van der Waals surface area contributed by atoms with Crippen LogP contribution in [0.15, 0.2) is 48.5 Å². The minimum atomic E-state index is -0.669. The summed E-state index contributed by atoms with van der Waals surface area (Å²) in [7, 11) is 0. The normalized spacial score (nSPS) is 27.2. The van der Waals surface area contributed by atoms with E-state index in [0.717, 1.165) is 16.7 Å². The van der Waals surface area contributed by atoms with Crippen LogP contribution in [0.1, 0.15) is 35.6 Å². The molecule has 2 heterocycles. The molecule has 3 nitrogen and oxygen atoms in total. The number of halogens is 1. The summed E-state index contributed by atoms with van der Waals surface area (Å²) in [4.78, 5) is 11.6. The Balaban J connectivity index is 1.94. The minimum absolute atomic E-state index is 0.215. The molecule has 0 spiro atoms. The fourth-order valence-electron chi connectivity index (χ4n) is 4.04. The Morgan fingerprint density at radius 2 is 1.78 bits per heavy atom. The second-order valence-corrected chi connectivity index (χ2v) is 6.84. The Morgan fingerprint density at radius 1 is 1.13 bits per heavy atom. The van der Waals surface area contributed by atoms with E-state index in [-0.39, 0.29) is 12.4 Å². The molecule has 2 aliphatic heterocycles. The Kier molecular flexibility index (Phi) is 3.26. The average Bonchev–Trinajstić information content (AvgIpc) is 2.74. The molecule has 23 heavy (non-hydrogen) atoms. The first-order valence-electron chi connectivity index (χ1n) is 7.91. The van der Waals surface area contributed by atoms with Crippen molar-refractivity contribution >= 4 is 17.6 Å². The number of nitrogens with one attached hydrogen (secondary N) is 1. The molecular weight excluding hydrogens is 310 g/mol. The Bertz CT molecular complexity index is 790. The molecule has 0 aromatic heterocycles. The van der Waals surface area contributed by atoms with Crippen LogP contribution in [-0.4, -0.2) is 12.6 Å². The zero-order valence-electron chi connectivity index (χ0n) is 12.9. The smallest absolute Gasteiger partial charge is 0.308 e. The maximum atomic E-state index is 12.3. The highest BCUT2D eigenvalue weighted by Crippen LogP contribution is 2.54. The van der Waals surface area contributed by atoms with Gasteiger partial charge < -0.3 is 4.74 Å². The van der Waals surface area contributed by atoms with Crippen LogP contribution in [0.5, 0.6) is 0 Å². The minimum Gasteiger partial charge on any atom is -0.466 e. The molecule has 2 atom stereocenters. The van der Waals surface area contributed by atoms with E-state index in [0.29, 0.717) is 13.0 Å². The Morgan fingerprint density at radius 3 is 2.52 bits per heavy atom. The predicted octanol–water partition coefficient (Wildman–Crippen LogP) is 3.43. The Hall–Kier alpha value is -1.84. The van der Waals surface area contributed by atoms with Crippen molar-refractivity contribution in [3.05, 3.63) is 70.8 Å². The molecule has 2 aliphatic rings. The summed E-state index contributed by atoms with van der Waals surface area (Å²) in [6.07, 6.45) is 0.940. The molecule has 118 valence electrons. The van der Waals surface area contributed by atoms with E-state index in [1.807, 2.05) is 37.3 Å². The van der Waals surface area contributed by atoms with Gasteiger partial charge in [0.2, 0.25) is 0 Å². The number of esters is 1. The van der Waals surface area contributed by atoms with E-state index < -0.39 is 10.5 Å². The molecule has 2 aromatic rings. The lowest BCUT2D eigenvalue weighted by molar-refractivity contribution is -0.144. The summed E-state index contributed by atoms with van der Waals surface area (Å²) in [5.41, 5.74) is 3.82. The molecule has 0 amide bonds. The number of ether oxygens (including phenoxy) is 1. The van der Waals surface area contributed by atoms with Gasteiger partial charge in [-0.1, -0.05) is 60.1 Å². The number of benzene rings is 2. The third-order valence-corrected chi connectivity index (χ3v) is 5.28. The van der Waals surface area contributed by atoms with Crippen LogP contribution in [0.4, 0.5) is 0 Å². The van der Waals surface area contributed by atoms with Gasteiger partial charge in [-0.3, -0.25) is 10.1 Å². The molecule has 2 bridgehead atoms. The SMILES string of the molecule is CCOC(=O)CC12NC(Cl)(Cc3ccccc31)c1ccccc12. The van der Waals surface area contributed by atoms with Crippen molar-refractivity contribution in [3.8, 4) is 0 Å². The lowest BCUT2D eigenvalue weighted by atomic mass is 9.78. The van der Waals surface area contributed by atoms with Crippen molar-refractivity contribution in [3.63, 3.8) is 0 Å². The largest absolute Gasteiger partial charge is 0.466 e. The van der Waals surface area contributed by atoms with Gasteiger partial charge in [-0.25, -0.2) is 0 Å². The van der Waals surface area contributed by atoms with Crippen LogP contribution in [-0.2, 0) is 26.5 Å². The molecular formula is C19H18ClNO2. The molecule has 2 unspecified atom stereocenters. The fraction of sp³-hybridized carbons (Fsp3) is 0.316. The maximum absolute atomic E-state index is 12.3. The van der Waals surface area contributed by atoms with Crippen molar-refractivity contribution in [1.82, 2.24) is 5.32 Å². The molecule has 0 saturated heterocycles. The zero-order chi connectivity index (χ0) is 16.1. The summed E-state index contributed by atoms with van der Waals surface area (Å²) < 4.78 is 5.23. The van der Waals surface area contributed by atoms with E-state index in [4.69, 9.17) is 16.3 Å². The first-order chi connectivity index (χ1) is 11.1. The standard InChI is InChI=1S/C19H18ClNO2/c1-2-23-17(22)12-18-14-8-4-3-7-13(14)11-19(20,21-18)16-10-6-5-9-15(16)18/h3-10,21H,2,11-12H2,1H3. The van der Waals surface area contributed by atoms with E-state index in [9.17, 15) is 4.79 Å². The lowest BCUT2D eigenvalue weighted by Crippen LogP contribution is -2.51. The predicted molar refractivity (Wildman–Crippen MR) is 89.3 cm³/mol. The highest BCUT2D eigenvalue weighted by molar-refractivity contribution is 6.24. The molecule has 0 fully saturated rings. The number of fused-ring (bicyclic) bond motifs is 7. The van der Waals surface area contributed by atoms with Crippen molar-refractivity contribution in [2.24, 2.45) is 0 Å². The first kappa shape index (κ1) is 14.7. The quantitative estimate of drug-likeness (QED) is 0.533. The van der Waals surface area contributed by atoms with Gasteiger partial charge in [-0.05, 0) is 29.2 Å². The highest BCUT2D eigenvalue weighted by Gasteiger charge is 2.56. The van der Waals surface area contributed by atoms with Gasteiger partial charge in [-0.2, -0.15) is 0 Å². The molecule has 0 aliphatic carbocycles. The van der Waals surface area contributed by atoms with E-state index in [2.05, 4.69) is 23.5 Å². The molecule has 1 N–H and O–H groups in total. The summed E-state index contributed by atoms with van der Waals surface area (Å²) in [5, 5.41) is 3.56. The van der Waals surface area contributed by atoms with Crippen LogP contribution in [0.2, 0.25) is 0 Å².